The lowest BCUT2D eigenvalue weighted by Crippen LogP contribution is -2.06. The predicted molar refractivity (Wildman–Crippen MR) is 60.3 cm³/mol. The first kappa shape index (κ1) is 12.4. The molecule has 0 aliphatic carbocycles. The first-order valence-corrected chi connectivity index (χ1v) is 4.31. The highest BCUT2D eigenvalue weighted by molar-refractivity contribution is 5.98. The van der Waals surface area contributed by atoms with Crippen LogP contribution in [0.4, 0.5) is 5.69 Å². The molecule has 0 bridgehead atoms. The Kier molecular flexibility index (Phi) is 7.09. The Labute approximate surface area is 84.8 Å². The minimum absolute atomic E-state index is 0.184. The molecule has 0 saturated heterocycles. The van der Waals surface area contributed by atoms with Gasteiger partial charge in [0, 0.05) is 5.69 Å². The third-order valence-corrected chi connectivity index (χ3v) is 1.23. The molecule has 0 atom stereocenters. The summed E-state index contributed by atoms with van der Waals surface area (Å²) >= 11 is 0. The lowest BCUT2D eigenvalue weighted by Gasteiger charge is -1.98. The van der Waals surface area contributed by atoms with Crippen molar-refractivity contribution < 1.29 is 4.79 Å². The number of rotatable bonds is 2. The van der Waals surface area contributed by atoms with Crippen LogP contribution in [-0.4, -0.2) is 20.0 Å². The van der Waals surface area contributed by atoms with Crippen LogP contribution in [0.3, 0.4) is 0 Å². The third kappa shape index (κ3) is 5.97. The average Bonchev–Trinajstić information content (AvgIpc) is 2.20. The van der Waals surface area contributed by atoms with Crippen LogP contribution in [0.15, 0.2) is 43.0 Å². The summed E-state index contributed by atoms with van der Waals surface area (Å²) in [4.78, 5) is 10.8. The molecule has 3 nitrogen and oxygen atoms in total. The smallest absolute Gasteiger partial charge is 0.247 e. The van der Waals surface area contributed by atoms with Gasteiger partial charge < -0.3 is 10.6 Å². The maximum Gasteiger partial charge on any atom is 0.247 e. The second kappa shape index (κ2) is 8.01. The van der Waals surface area contributed by atoms with Gasteiger partial charge >= 0.3 is 0 Å². The van der Waals surface area contributed by atoms with Gasteiger partial charge in [0.15, 0.2) is 0 Å². The van der Waals surface area contributed by atoms with E-state index < -0.39 is 0 Å². The fourth-order valence-corrected chi connectivity index (χ4v) is 0.715. The lowest BCUT2D eigenvalue weighted by molar-refractivity contribution is -0.111. The molecule has 76 valence electrons. The van der Waals surface area contributed by atoms with Gasteiger partial charge in [-0.05, 0) is 32.3 Å². The van der Waals surface area contributed by atoms with E-state index in [0.717, 1.165) is 5.69 Å². The van der Waals surface area contributed by atoms with Crippen LogP contribution in [-0.2, 0) is 4.79 Å². The number of hydrogen-bond donors (Lipinski definition) is 2. The molecule has 1 aromatic carbocycles. The molecule has 0 saturated carbocycles. The van der Waals surface area contributed by atoms with Crippen LogP contribution >= 0.6 is 0 Å². The first-order valence-electron chi connectivity index (χ1n) is 4.31. The quantitative estimate of drug-likeness (QED) is 0.699. The Morgan fingerprint density at radius 3 is 2.21 bits per heavy atom. The Bertz CT molecular complexity index is 270. The fourth-order valence-electron chi connectivity index (χ4n) is 0.715. The molecule has 1 rings (SSSR count). The van der Waals surface area contributed by atoms with Gasteiger partial charge in [0.1, 0.15) is 0 Å². The number of anilines is 1. The van der Waals surface area contributed by atoms with Gasteiger partial charge in [0.25, 0.3) is 0 Å². The van der Waals surface area contributed by atoms with E-state index in [9.17, 15) is 4.79 Å². The first-order chi connectivity index (χ1) is 6.74. The third-order valence-electron chi connectivity index (χ3n) is 1.23. The van der Waals surface area contributed by atoms with E-state index in [1.807, 2.05) is 44.4 Å². The van der Waals surface area contributed by atoms with Crippen molar-refractivity contribution in [3.63, 3.8) is 0 Å². The van der Waals surface area contributed by atoms with Gasteiger partial charge in [-0.15, -0.1) is 0 Å². The SMILES string of the molecule is C=CC(=O)Nc1ccccc1.CNC. The van der Waals surface area contributed by atoms with Gasteiger partial charge in [-0.25, -0.2) is 0 Å². The minimum Gasteiger partial charge on any atom is -0.323 e. The van der Waals surface area contributed by atoms with E-state index in [2.05, 4.69) is 17.2 Å². The minimum atomic E-state index is -0.184. The Balaban J connectivity index is 0.000000500. The van der Waals surface area contributed by atoms with Gasteiger partial charge in [-0.2, -0.15) is 0 Å². The largest absolute Gasteiger partial charge is 0.323 e. The molecule has 0 aromatic heterocycles. The van der Waals surface area contributed by atoms with Crippen molar-refractivity contribution in [2.75, 3.05) is 19.4 Å². The van der Waals surface area contributed by atoms with Crippen molar-refractivity contribution in [1.82, 2.24) is 5.32 Å². The summed E-state index contributed by atoms with van der Waals surface area (Å²) in [6.07, 6.45) is 1.24. The lowest BCUT2D eigenvalue weighted by atomic mass is 10.3. The zero-order valence-electron chi connectivity index (χ0n) is 8.58. The van der Waals surface area contributed by atoms with Crippen molar-refractivity contribution in [2.45, 2.75) is 0 Å². The fraction of sp³-hybridized carbons (Fsp3) is 0.182. The van der Waals surface area contributed by atoms with Crippen LogP contribution in [0.2, 0.25) is 0 Å². The number of carbonyl (C=O) groups excluding carboxylic acids is 1. The molecule has 0 fully saturated rings. The van der Waals surface area contributed by atoms with Gasteiger partial charge in [-0.3, -0.25) is 4.79 Å². The molecular formula is C11H16N2O. The Morgan fingerprint density at radius 1 is 1.29 bits per heavy atom. The molecular weight excluding hydrogens is 176 g/mol. The molecule has 1 amide bonds. The van der Waals surface area contributed by atoms with Crippen LogP contribution in [0, 0.1) is 0 Å². The average molecular weight is 192 g/mol. The van der Waals surface area contributed by atoms with Crippen molar-refractivity contribution in [2.24, 2.45) is 0 Å². The van der Waals surface area contributed by atoms with Crippen LogP contribution < -0.4 is 10.6 Å². The van der Waals surface area contributed by atoms with Gasteiger partial charge in [-0.1, -0.05) is 24.8 Å². The molecule has 0 aliphatic heterocycles. The maximum absolute atomic E-state index is 10.8. The summed E-state index contributed by atoms with van der Waals surface area (Å²) < 4.78 is 0. The van der Waals surface area contributed by atoms with E-state index in [4.69, 9.17) is 0 Å². The normalized spacial score (nSPS) is 8.14. The van der Waals surface area contributed by atoms with Crippen LogP contribution in [0.5, 0.6) is 0 Å². The number of carbonyl (C=O) groups is 1. The van der Waals surface area contributed by atoms with Crippen LogP contribution in [0.25, 0.3) is 0 Å². The Hall–Kier alpha value is -1.61. The molecule has 0 aliphatic rings. The number of benzene rings is 1. The van der Waals surface area contributed by atoms with Crippen molar-refractivity contribution in [3.8, 4) is 0 Å². The van der Waals surface area contributed by atoms with Crippen molar-refractivity contribution in [3.05, 3.63) is 43.0 Å². The second-order valence-electron chi connectivity index (χ2n) is 2.56. The topological polar surface area (TPSA) is 41.1 Å². The summed E-state index contributed by atoms with van der Waals surface area (Å²) in [6, 6.07) is 9.25. The maximum atomic E-state index is 10.8. The highest BCUT2D eigenvalue weighted by atomic mass is 16.1. The summed E-state index contributed by atoms with van der Waals surface area (Å²) in [5, 5.41) is 5.38. The van der Waals surface area contributed by atoms with Gasteiger partial charge in [0.2, 0.25) is 5.91 Å². The van der Waals surface area contributed by atoms with E-state index in [1.54, 1.807) is 0 Å². The Morgan fingerprint density at radius 2 is 1.79 bits per heavy atom. The summed E-state index contributed by atoms with van der Waals surface area (Å²) in [6.45, 7) is 3.34. The van der Waals surface area contributed by atoms with E-state index in [0.29, 0.717) is 0 Å². The molecule has 3 heteroatoms. The monoisotopic (exact) mass is 192 g/mol. The summed E-state index contributed by atoms with van der Waals surface area (Å²) in [5.74, 6) is -0.184. The molecule has 0 radical (unpaired) electrons. The second-order valence-corrected chi connectivity index (χ2v) is 2.56. The van der Waals surface area contributed by atoms with Crippen molar-refractivity contribution in [1.29, 1.82) is 0 Å². The zero-order chi connectivity index (χ0) is 10.8. The summed E-state index contributed by atoms with van der Waals surface area (Å²) in [5.41, 5.74) is 0.789. The summed E-state index contributed by atoms with van der Waals surface area (Å²) in [7, 11) is 3.75. The molecule has 1 aromatic rings. The highest BCUT2D eigenvalue weighted by Gasteiger charge is 1.92. The standard InChI is InChI=1S/C9H9NO.C2H7N/c1-2-9(11)10-8-6-4-3-5-7-8;1-3-2/h2-7H,1H2,(H,10,11);3H,1-2H3. The van der Waals surface area contributed by atoms with E-state index in [1.165, 1.54) is 6.08 Å². The molecule has 0 heterocycles. The molecule has 0 unspecified atom stereocenters. The van der Waals surface area contributed by atoms with Crippen molar-refractivity contribution >= 4 is 11.6 Å². The van der Waals surface area contributed by atoms with E-state index in [-0.39, 0.29) is 5.91 Å². The number of para-hydroxylation sites is 1. The van der Waals surface area contributed by atoms with E-state index >= 15 is 0 Å². The van der Waals surface area contributed by atoms with Crippen LogP contribution in [0.1, 0.15) is 0 Å². The highest BCUT2D eigenvalue weighted by Crippen LogP contribution is 2.03. The molecule has 14 heavy (non-hydrogen) atoms. The molecule has 2 N–H and O–H groups in total. The van der Waals surface area contributed by atoms with Gasteiger partial charge in [0.05, 0.1) is 0 Å². The molecule has 0 spiro atoms. The number of nitrogens with one attached hydrogen (secondary N) is 2. The number of hydrogen-bond acceptors (Lipinski definition) is 2. The predicted octanol–water partition coefficient (Wildman–Crippen LogP) is 1.65. The number of amides is 1. The zero-order valence-corrected chi connectivity index (χ0v) is 8.58.